The topological polar surface area (TPSA) is 58.4 Å². The summed E-state index contributed by atoms with van der Waals surface area (Å²) in [5.41, 5.74) is 7.07. The van der Waals surface area contributed by atoms with Crippen molar-refractivity contribution in [1.29, 1.82) is 0 Å². The minimum atomic E-state index is 0.000600. The second-order valence-electron chi connectivity index (χ2n) is 6.47. The molecule has 2 aromatic rings. The van der Waals surface area contributed by atoms with Crippen molar-refractivity contribution in [2.45, 2.75) is 31.8 Å². The first-order valence-corrected chi connectivity index (χ1v) is 8.38. The average molecular weight is 311 g/mol. The van der Waals surface area contributed by atoms with E-state index in [1.165, 1.54) is 10.8 Å². The zero-order chi connectivity index (χ0) is 16.2. The number of carbonyl (C=O) groups is 1. The summed E-state index contributed by atoms with van der Waals surface area (Å²) in [5.74, 6) is 0.0842. The van der Waals surface area contributed by atoms with Gasteiger partial charge >= 0.3 is 0 Å². The van der Waals surface area contributed by atoms with Crippen molar-refractivity contribution in [2.75, 3.05) is 19.6 Å². The van der Waals surface area contributed by atoms with E-state index in [9.17, 15) is 4.79 Å². The van der Waals surface area contributed by atoms with Crippen LogP contribution in [-0.4, -0.2) is 36.5 Å². The van der Waals surface area contributed by atoms with Gasteiger partial charge in [-0.05, 0) is 36.1 Å². The minimum absolute atomic E-state index is 0.000600. The molecule has 1 aliphatic heterocycles. The predicted molar refractivity (Wildman–Crippen MR) is 94.2 cm³/mol. The van der Waals surface area contributed by atoms with Crippen LogP contribution in [0.2, 0.25) is 0 Å². The van der Waals surface area contributed by atoms with Crippen molar-refractivity contribution in [3.63, 3.8) is 0 Å². The number of nitrogens with zero attached hydrogens (tertiary/aromatic N) is 1. The van der Waals surface area contributed by atoms with Gasteiger partial charge in [0.25, 0.3) is 0 Å². The molecular weight excluding hydrogens is 286 g/mol. The lowest BCUT2D eigenvalue weighted by Crippen LogP contribution is -2.44. The van der Waals surface area contributed by atoms with Gasteiger partial charge in [0, 0.05) is 19.1 Å². The van der Waals surface area contributed by atoms with E-state index < -0.39 is 0 Å². The molecule has 0 radical (unpaired) electrons. The third-order valence-electron chi connectivity index (χ3n) is 4.67. The van der Waals surface area contributed by atoms with E-state index in [1.54, 1.807) is 0 Å². The smallest absolute Gasteiger partial charge is 0.234 e. The molecule has 3 rings (SSSR count). The van der Waals surface area contributed by atoms with Gasteiger partial charge in [0.2, 0.25) is 5.91 Å². The van der Waals surface area contributed by atoms with E-state index in [-0.39, 0.29) is 11.9 Å². The minimum Gasteiger partial charge on any atom is -0.348 e. The molecule has 0 aromatic heterocycles. The molecule has 1 saturated heterocycles. The highest BCUT2D eigenvalue weighted by atomic mass is 16.2. The van der Waals surface area contributed by atoms with Crippen molar-refractivity contribution < 1.29 is 4.79 Å². The maximum atomic E-state index is 12.3. The molecule has 122 valence electrons. The number of rotatable bonds is 4. The number of piperidine rings is 1. The monoisotopic (exact) mass is 311 g/mol. The number of benzene rings is 2. The van der Waals surface area contributed by atoms with Gasteiger partial charge in [0.1, 0.15) is 0 Å². The Morgan fingerprint density at radius 2 is 1.91 bits per heavy atom. The van der Waals surface area contributed by atoms with Crippen LogP contribution < -0.4 is 11.1 Å². The molecule has 1 amide bonds. The lowest BCUT2D eigenvalue weighted by atomic mass is 9.99. The second kappa shape index (κ2) is 7.11. The van der Waals surface area contributed by atoms with E-state index in [2.05, 4.69) is 34.5 Å². The summed E-state index contributed by atoms with van der Waals surface area (Å²) in [6.07, 6.45) is 1.96. The molecule has 23 heavy (non-hydrogen) atoms. The molecular formula is C19H25N3O. The average Bonchev–Trinajstić information content (AvgIpc) is 2.56. The molecule has 0 bridgehead atoms. The molecule has 4 nitrogen and oxygen atoms in total. The molecule has 0 spiro atoms. The van der Waals surface area contributed by atoms with Gasteiger partial charge in [-0.25, -0.2) is 0 Å². The zero-order valence-corrected chi connectivity index (χ0v) is 13.7. The lowest BCUT2D eigenvalue weighted by molar-refractivity contribution is -0.123. The summed E-state index contributed by atoms with van der Waals surface area (Å²) in [5, 5.41) is 5.54. The molecule has 1 fully saturated rings. The fraction of sp³-hybridized carbons (Fsp3) is 0.421. The number of likely N-dealkylation sites (tertiary alicyclic amines) is 1. The van der Waals surface area contributed by atoms with Gasteiger partial charge in [-0.2, -0.15) is 0 Å². The Hall–Kier alpha value is -1.91. The fourth-order valence-electron chi connectivity index (χ4n) is 3.31. The normalized spacial score (nSPS) is 18.0. The van der Waals surface area contributed by atoms with Crippen LogP contribution in [0.25, 0.3) is 10.8 Å². The standard InChI is InChI=1S/C19H25N3O/c1-14(17-8-4-6-15-5-2-3-7-18(15)17)21-19(23)13-22-11-9-16(20)10-12-22/h2-8,14,16H,9-13,20H2,1H3,(H,21,23). The molecule has 0 saturated carbocycles. The van der Waals surface area contributed by atoms with Crippen LogP contribution in [0.3, 0.4) is 0 Å². The first kappa shape index (κ1) is 16.0. The molecule has 1 unspecified atom stereocenters. The quantitative estimate of drug-likeness (QED) is 0.912. The highest BCUT2D eigenvalue weighted by Gasteiger charge is 2.19. The molecule has 3 N–H and O–H groups in total. The van der Waals surface area contributed by atoms with Crippen molar-refractivity contribution in [1.82, 2.24) is 10.2 Å². The van der Waals surface area contributed by atoms with E-state index in [0.29, 0.717) is 12.6 Å². The van der Waals surface area contributed by atoms with E-state index >= 15 is 0 Å². The Kier molecular flexibility index (Phi) is 4.94. The summed E-state index contributed by atoms with van der Waals surface area (Å²) >= 11 is 0. The Morgan fingerprint density at radius 1 is 1.22 bits per heavy atom. The number of nitrogens with one attached hydrogen (secondary N) is 1. The second-order valence-corrected chi connectivity index (χ2v) is 6.47. The maximum Gasteiger partial charge on any atom is 0.234 e. The Morgan fingerprint density at radius 3 is 2.70 bits per heavy atom. The largest absolute Gasteiger partial charge is 0.348 e. The Labute approximate surface area is 137 Å². The molecule has 1 atom stereocenters. The van der Waals surface area contributed by atoms with Crippen molar-refractivity contribution >= 4 is 16.7 Å². The van der Waals surface area contributed by atoms with E-state index in [1.807, 2.05) is 25.1 Å². The summed E-state index contributed by atoms with van der Waals surface area (Å²) in [4.78, 5) is 14.5. The zero-order valence-electron chi connectivity index (χ0n) is 13.7. The maximum absolute atomic E-state index is 12.3. The molecule has 1 aliphatic rings. The van der Waals surface area contributed by atoms with E-state index in [0.717, 1.165) is 31.5 Å². The summed E-state index contributed by atoms with van der Waals surface area (Å²) in [6.45, 7) is 4.34. The lowest BCUT2D eigenvalue weighted by Gasteiger charge is -2.29. The van der Waals surface area contributed by atoms with Crippen LogP contribution in [0.1, 0.15) is 31.4 Å². The van der Waals surface area contributed by atoms with Crippen LogP contribution in [0.15, 0.2) is 42.5 Å². The van der Waals surface area contributed by atoms with E-state index in [4.69, 9.17) is 5.73 Å². The Bertz CT molecular complexity index is 672. The van der Waals surface area contributed by atoms with Crippen LogP contribution in [0.4, 0.5) is 0 Å². The van der Waals surface area contributed by atoms with Crippen molar-refractivity contribution in [3.8, 4) is 0 Å². The predicted octanol–water partition coefficient (Wildman–Crippen LogP) is 2.44. The molecule has 0 aliphatic carbocycles. The molecule has 1 heterocycles. The van der Waals surface area contributed by atoms with Gasteiger partial charge in [0.05, 0.1) is 12.6 Å². The number of amides is 1. The van der Waals surface area contributed by atoms with Crippen LogP contribution in [0, 0.1) is 0 Å². The SMILES string of the molecule is CC(NC(=O)CN1CCC(N)CC1)c1cccc2ccccc12. The van der Waals surface area contributed by atoms with Crippen LogP contribution >= 0.6 is 0 Å². The summed E-state index contributed by atoms with van der Waals surface area (Å²) in [6, 6.07) is 14.8. The van der Waals surface area contributed by atoms with Gasteiger partial charge in [-0.3, -0.25) is 9.69 Å². The third-order valence-corrected chi connectivity index (χ3v) is 4.67. The van der Waals surface area contributed by atoms with Crippen molar-refractivity contribution in [2.24, 2.45) is 5.73 Å². The number of nitrogens with two attached hydrogens (primary N) is 1. The Balaban J connectivity index is 1.64. The van der Waals surface area contributed by atoms with Gasteiger partial charge in [-0.15, -0.1) is 0 Å². The highest BCUT2D eigenvalue weighted by molar-refractivity contribution is 5.87. The summed E-state index contributed by atoms with van der Waals surface area (Å²) < 4.78 is 0. The fourth-order valence-corrected chi connectivity index (χ4v) is 3.31. The number of hydrogen-bond acceptors (Lipinski definition) is 3. The van der Waals surface area contributed by atoms with Crippen LogP contribution in [0.5, 0.6) is 0 Å². The first-order chi connectivity index (χ1) is 11.1. The summed E-state index contributed by atoms with van der Waals surface area (Å²) in [7, 11) is 0. The van der Waals surface area contributed by atoms with Gasteiger partial charge < -0.3 is 11.1 Å². The van der Waals surface area contributed by atoms with Crippen LogP contribution in [-0.2, 0) is 4.79 Å². The number of hydrogen-bond donors (Lipinski definition) is 2. The van der Waals surface area contributed by atoms with Gasteiger partial charge in [0.15, 0.2) is 0 Å². The third kappa shape index (κ3) is 3.89. The number of carbonyl (C=O) groups excluding carboxylic acids is 1. The van der Waals surface area contributed by atoms with Gasteiger partial charge in [-0.1, -0.05) is 42.5 Å². The molecule has 2 aromatic carbocycles. The molecule has 4 heteroatoms. The van der Waals surface area contributed by atoms with Crippen molar-refractivity contribution in [3.05, 3.63) is 48.0 Å². The highest BCUT2D eigenvalue weighted by Crippen LogP contribution is 2.24. The first-order valence-electron chi connectivity index (χ1n) is 8.38. The number of fused-ring (bicyclic) bond motifs is 1.